The van der Waals surface area contributed by atoms with Crippen LogP contribution in [0, 0.1) is 12.8 Å². The van der Waals surface area contributed by atoms with Gasteiger partial charge in [-0.2, -0.15) is 0 Å². The summed E-state index contributed by atoms with van der Waals surface area (Å²) in [7, 11) is 13.1. The first-order valence-corrected chi connectivity index (χ1v) is 32.6. The summed E-state index contributed by atoms with van der Waals surface area (Å²) < 4.78 is 4.85. The molecule has 528 valence electrons. The molecule has 2 saturated carbocycles. The van der Waals surface area contributed by atoms with Crippen molar-refractivity contribution in [2.24, 2.45) is 5.92 Å². The van der Waals surface area contributed by atoms with Crippen LogP contribution in [0.1, 0.15) is 116 Å². The van der Waals surface area contributed by atoms with Gasteiger partial charge in [-0.1, -0.05) is 76.8 Å². The lowest BCUT2D eigenvalue weighted by Crippen LogP contribution is -2.40. The van der Waals surface area contributed by atoms with Gasteiger partial charge in [-0.25, -0.2) is 0 Å². The third-order valence-electron chi connectivity index (χ3n) is 16.2. The summed E-state index contributed by atoms with van der Waals surface area (Å²) in [5.74, 6) is 0.453. The fourth-order valence-corrected chi connectivity index (χ4v) is 9.94. The lowest BCUT2D eigenvalue weighted by molar-refractivity contribution is 0.198. The third-order valence-corrected chi connectivity index (χ3v) is 16.2. The second kappa shape index (κ2) is 38.5. The summed E-state index contributed by atoms with van der Waals surface area (Å²) >= 11 is 0. The second-order valence-corrected chi connectivity index (χ2v) is 23.6. The first-order chi connectivity index (χ1) is 46.2. The molecule has 0 heterocycles. The van der Waals surface area contributed by atoms with E-state index in [0.29, 0.717) is 124 Å². The van der Waals surface area contributed by atoms with Crippen molar-refractivity contribution in [3.05, 3.63) is 179 Å². The maximum absolute atomic E-state index is 11.3. The molecule has 0 bridgehead atoms. The van der Waals surface area contributed by atoms with Crippen molar-refractivity contribution in [2.75, 3.05) is 157 Å². The van der Waals surface area contributed by atoms with Crippen LogP contribution in [0.25, 0.3) is 0 Å². The summed E-state index contributed by atoms with van der Waals surface area (Å²) in [6.07, 6.45) is 12.0. The van der Waals surface area contributed by atoms with Gasteiger partial charge < -0.3 is 79.2 Å². The van der Waals surface area contributed by atoms with E-state index in [-0.39, 0.29) is 16.9 Å². The highest BCUT2D eigenvalue weighted by atomic mass is 16.5. The van der Waals surface area contributed by atoms with Crippen molar-refractivity contribution in [1.29, 1.82) is 0 Å². The zero-order chi connectivity index (χ0) is 72.4. The van der Waals surface area contributed by atoms with Crippen LogP contribution in [-0.2, 0) is 11.3 Å². The number of hydrogen-bond acceptors (Lipinski definition) is 29. The molecule has 10 rings (SSSR count). The molecule has 0 spiro atoms. The smallest absolute Gasteiger partial charge is 0.253 e. The molecule has 0 aromatic heterocycles. The molecule has 29 nitrogen and oxygen atoms in total. The lowest BCUT2D eigenvalue weighted by Gasteiger charge is -2.28. The van der Waals surface area contributed by atoms with Crippen LogP contribution >= 0.6 is 0 Å². The fourth-order valence-electron chi connectivity index (χ4n) is 9.94. The molecule has 0 saturated heterocycles. The Kier molecular flexibility index (Phi) is 31.5. The normalized spacial score (nSPS) is 12.8. The number of aryl methyl sites for hydroxylation is 1. The highest BCUT2D eigenvalue weighted by Crippen LogP contribution is 2.26. The van der Waals surface area contributed by atoms with E-state index in [4.69, 9.17) is 4.74 Å². The van der Waals surface area contributed by atoms with Gasteiger partial charge in [0.2, 0.25) is 0 Å². The molecular weight excluding hydrogens is 1250 g/mol. The van der Waals surface area contributed by atoms with Crippen LogP contribution in [-0.4, -0.2) is 101 Å². The molecule has 97 heavy (non-hydrogen) atoms. The molecule has 0 amide bonds. The highest BCUT2D eigenvalue weighted by molar-refractivity contribution is 5.78. The van der Waals surface area contributed by atoms with Crippen molar-refractivity contribution < 1.29 is 4.74 Å². The minimum Gasteiger partial charge on any atom is -0.385 e. The minimum atomic E-state index is -0.445. The Balaban J connectivity index is 0.000000241. The van der Waals surface area contributed by atoms with Gasteiger partial charge in [0.05, 0.1) is 0 Å². The molecule has 0 radical (unpaired) electrons. The molecule has 14 N–H and O–H groups in total. The van der Waals surface area contributed by atoms with E-state index in [1.165, 1.54) is 31.2 Å². The van der Waals surface area contributed by atoms with Gasteiger partial charge in [-0.05, 0) is 76.7 Å². The summed E-state index contributed by atoms with van der Waals surface area (Å²) in [6, 6.07) is 9.00. The van der Waals surface area contributed by atoms with Crippen LogP contribution in [0.15, 0.2) is 91.4 Å². The quantitative estimate of drug-likeness (QED) is 0.0247. The van der Waals surface area contributed by atoms with E-state index < -0.39 is 65.1 Å². The number of ether oxygens (including phenoxy) is 1. The summed E-state index contributed by atoms with van der Waals surface area (Å²) in [4.78, 5) is 155. The topological polar surface area (TPSA) is 417 Å². The maximum Gasteiger partial charge on any atom is 0.253 e. The van der Waals surface area contributed by atoms with E-state index in [0.717, 1.165) is 57.1 Å². The Morgan fingerprint density at radius 2 is 0.711 bits per heavy atom. The predicted octanol–water partition coefficient (Wildman–Crippen LogP) is 3.45. The molecule has 0 aliphatic heterocycles. The van der Waals surface area contributed by atoms with Crippen molar-refractivity contribution in [3.8, 4) is 0 Å². The molecule has 1 atom stereocenters. The molecule has 1 unspecified atom stereocenters. The molecule has 2 fully saturated rings. The SMILES string of the molecule is CCC(C)Nc1c(NC)c(=O)c1=O.CCCNc1c(NC)c(=O)c1=O.CNc1c(NC2CCC2)c(=O)c1=O.CNc1c(NC2CCCCC2)c(=O)c1=O.CNc1c(NCC(C)C)c(=O)c1=O.CNc1c(NCCCOC)c(=O)c1=O.CNc1c(NCc2ccc(C)cc2)c(=O)c1=O. The Bertz CT molecular complexity index is 4300. The van der Waals surface area contributed by atoms with Gasteiger partial charge in [0, 0.05) is 107 Å². The first kappa shape index (κ1) is 79.4. The van der Waals surface area contributed by atoms with E-state index in [9.17, 15) is 67.1 Å². The van der Waals surface area contributed by atoms with Gasteiger partial charge >= 0.3 is 0 Å². The largest absolute Gasteiger partial charge is 0.385 e. The Morgan fingerprint density at radius 3 is 1.05 bits per heavy atom. The van der Waals surface area contributed by atoms with Crippen LogP contribution in [0.2, 0.25) is 0 Å². The zero-order valence-electron chi connectivity index (χ0n) is 58.1. The van der Waals surface area contributed by atoms with Crippen molar-refractivity contribution in [1.82, 2.24) is 0 Å². The first-order valence-electron chi connectivity index (χ1n) is 32.6. The summed E-state index contributed by atoms with van der Waals surface area (Å²) in [6.45, 7) is 15.3. The highest BCUT2D eigenvalue weighted by Gasteiger charge is 2.27. The fraction of sp³-hybridized carbons (Fsp3) is 0.500. The molecule has 8 aromatic rings. The Hall–Kier alpha value is -10.1. The number of nitrogens with one attached hydrogen (secondary N) is 14. The predicted molar refractivity (Wildman–Crippen MR) is 397 cm³/mol. The van der Waals surface area contributed by atoms with Crippen molar-refractivity contribution >= 4 is 79.6 Å². The molecule has 2 aliphatic carbocycles. The van der Waals surface area contributed by atoms with E-state index >= 15 is 0 Å². The number of benzene rings is 1. The van der Waals surface area contributed by atoms with E-state index in [1.54, 1.807) is 56.4 Å². The van der Waals surface area contributed by atoms with Gasteiger partial charge in [0.15, 0.2) is 0 Å². The maximum atomic E-state index is 11.3. The molecule has 8 aromatic carbocycles. The van der Waals surface area contributed by atoms with Crippen LogP contribution in [0.3, 0.4) is 0 Å². The van der Waals surface area contributed by atoms with Gasteiger partial charge in [0.25, 0.3) is 76.0 Å². The van der Waals surface area contributed by atoms with Crippen LogP contribution < -0.4 is 150 Å². The van der Waals surface area contributed by atoms with Crippen molar-refractivity contribution in [3.63, 3.8) is 0 Å². The van der Waals surface area contributed by atoms with E-state index in [1.807, 2.05) is 65.8 Å². The number of hydrogen-bond donors (Lipinski definition) is 14. The van der Waals surface area contributed by atoms with Gasteiger partial charge in [-0.3, -0.25) is 67.1 Å². The van der Waals surface area contributed by atoms with E-state index in [2.05, 4.69) is 74.4 Å². The zero-order valence-corrected chi connectivity index (χ0v) is 58.1. The average Bonchev–Trinajstić information content (AvgIpc) is 0.835. The number of rotatable bonds is 28. The lowest BCUT2D eigenvalue weighted by atomic mass is 9.92. The van der Waals surface area contributed by atoms with Gasteiger partial charge in [-0.15, -0.1) is 0 Å². The summed E-state index contributed by atoms with van der Waals surface area (Å²) in [5.41, 5.74) is 2.40. The average molecular weight is 1350 g/mol. The Labute approximate surface area is 560 Å². The molecule has 29 heteroatoms. The van der Waals surface area contributed by atoms with Gasteiger partial charge in [0.1, 0.15) is 79.6 Å². The third kappa shape index (κ3) is 20.0. The van der Waals surface area contributed by atoms with Crippen LogP contribution in [0.4, 0.5) is 79.6 Å². The Morgan fingerprint density at radius 1 is 0.392 bits per heavy atom. The number of anilines is 14. The monoisotopic (exact) mass is 1350 g/mol. The standard InChI is InChI=1S/C13H14N2O2.C11H16N2O2.C9H14N2O3.C9H12N2O2.2C9H14N2O2.C8H12N2O2/c1-8-3-5-9(6-4-8)7-15-11-10(14-2)12(16)13(11)17;1-12-8-9(11(15)10(8)14)13-7-5-3-2-4-6-7;1-10-6-7(9(13)8(6)12)11-4-3-5-14-2;1-10-6-7(9(13)8(6)12)11-5-3-2-4-5;1-5(2)4-11-7-6(10-3)8(12)9(7)13;1-4-5(2)11-7-6(10-3)8(12)9(7)13;1-3-4-10-6-5(9-2)7(11)8(6)12/h3-6,14-15H,7H2,1-2H3;7,12-13H,2-6H2,1H3;10-11H,3-5H2,1-2H3;5,10-11H,2-4H2,1H3;2*5,10-11H,4H2,1-3H3;9-10H,3-4H2,1-2H3. The summed E-state index contributed by atoms with van der Waals surface area (Å²) in [5, 5.41) is 40.0. The minimum absolute atomic E-state index is 0.218. The van der Waals surface area contributed by atoms with Crippen LogP contribution in [0.5, 0.6) is 0 Å². The number of methoxy groups -OCH3 is 1. The molecule has 2 aliphatic rings. The van der Waals surface area contributed by atoms with Crippen molar-refractivity contribution in [2.45, 2.75) is 137 Å². The molecular formula is C68H96N14O15. The second-order valence-electron chi connectivity index (χ2n) is 23.6.